The van der Waals surface area contributed by atoms with E-state index in [1.165, 1.54) is 38.3 Å². The minimum Gasteiger partial charge on any atom is -0.496 e. The molecule has 1 N–H and O–H groups in total. The van der Waals surface area contributed by atoms with Crippen LogP contribution in [-0.2, 0) is 20.7 Å². The lowest BCUT2D eigenvalue weighted by Crippen LogP contribution is -2.30. The van der Waals surface area contributed by atoms with Crippen molar-refractivity contribution in [2.75, 3.05) is 12.4 Å². The third kappa shape index (κ3) is 6.56. The number of methoxy groups -OCH3 is 1. The van der Waals surface area contributed by atoms with Crippen LogP contribution >= 0.6 is 11.8 Å². The summed E-state index contributed by atoms with van der Waals surface area (Å²) in [4.78, 5) is 24.6. The molecule has 0 heterocycles. The smallest absolute Gasteiger partial charge is 0.311 e. The van der Waals surface area contributed by atoms with E-state index in [0.29, 0.717) is 33.7 Å². The van der Waals surface area contributed by atoms with Crippen molar-refractivity contribution in [2.45, 2.75) is 30.1 Å². The van der Waals surface area contributed by atoms with Crippen LogP contribution in [0.1, 0.15) is 12.5 Å². The first-order valence-corrected chi connectivity index (χ1v) is 8.94. The molecule has 2 aromatic rings. The van der Waals surface area contributed by atoms with E-state index in [2.05, 4.69) is 5.32 Å². The van der Waals surface area contributed by atoms with Crippen LogP contribution < -0.4 is 10.1 Å². The normalized spacial score (nSPS) is 11.7. The lowest BCUT2D eigenvalue weighted by molar-refractivity contribution is -0.152. The number of rotatable bonds is 8. The van der Waals surface area contributed by atoms with Gasteiger partial charge in [-0.3, -0.25) is 9.59 Å². The molecular weight excluding hydrogens is 376 g/mol. The van der Waals surface area contributed by atoms with Crippen LogP contribution in [-0.4, -0.2) is 30.8 Å². The molecule has 2 aromatic carbocycles. The molecule has 0 aliphatic rings. The Bertz CT molecular complexity index is 784. The molecule has 27 heavy (non-hydrogen) atoms. The molecule has 0 fully saturated rings. The number of carbonyl (C=O) groups is 2. The maximum atomic E-state index is 12.3. The number of anilines is 1. The molecule has 0 spiro atoms. The number of thioether (sulfide) groups is 1. The Labute approximate surface area is 160 Å². The first-order valence-electron chi connectivity index (χ1n) is 8.06. The van der Waals surface area contributed by atoms with Gasteiger partial charge < -0.3 is 14.8 Å². The van der Waals surface area contributed by atoms with Gasteiger partial charge in [0.25, 0.3) is 11.7 Å². The molecular formula is C19H19F2NO4S. The Kier molecular flexibility index (Phi) is 7.60. The van der Waals surface area contributed by atoms with Crippen LogP contribution in [0.4, 0.5) is 14.5 Å². The predicted molar refractivity (Wildman–Crippen MR) is 99.2 cm³/mol. The molecule has 1 amide bonds. The molecule has 0 saturated carbocycles. The topological polar surface area (TPSA) is 64.6 Å². The first-order chi connectivity index (χ1) is 12.9. The van der Waals surface area contributed by atoms with Crippen LogP contribution in [0.3, 0.4) is 0 Å². The molecule has 0 aliphatic carbocycles. The highest BCUT2D eigenvalue weighted by Gasteiger charge is 2.19. The van der Waals surface area contributed by atoms with Gasteiger partial charge in [0, 0.05) is 16.1 Å². The van der Waals surface area contributed by atoms with Gasteiger partial charge in [0.1, 0.15) is 5.75 Å². The number of hydrogen-bond acceptors (Lipinski definition) is 5. The molecule has 0 unspecified atom stereocenters. The second-order valence-corrected chi connectivity index (χ2v) is 6.58. The van der Waals surface area contributed by atoms with E-state index in [1.807, 2.05) is 0 Å². The van der Waals surface area contributed by atoms with Crippen LogP contribution in [0, 0.1) is 0 Å². The number of nitrogens with one attached hydrogen (secondary N) is 1. The number of esters is 1. The monoisotopic (exact) mass is 395 g/mol. The summed E-state index contributed by atoms with van der Waals surface area (Å²) in [5, 5.41) is 2.58. The van der Waals surface area contributed by atoms with Crippen molar-refractivity contribution in [2.24, 2.45) is 0 Å². The summed E-state index contributed by atoms with van der Waals surface area (Å²) < 4.78 is 34.9. The van der Waals surface area contributed by atoms with Gasteiger partial charge in [-0.15, -0.1) is 0 Å². The quantitative estimate of drug-likeness (QED) is 0.538. The zero-order valence-electron chi connectivity index (χ0n) is 14.8. The van der Waals surface area contributed by atoms with Crippen molar-refractivity contribution in [3.63, 3.8) is 0 Å². The molecule has 0 aromatic heterocycles. The second kappa shape index (κ2) is 9.91. The molecule has 0 bridgehead atoms. The highest BCUT2D eigenvalue weighted by molar-refractivity contribution is 7.99. The minimum absolute atomic E-state index is 0.0266. The molecule has 0 saturated heterocycles. The lowest BCUT2D eigenvalue weighted by Gasteiger charge is -2.14. The lowest BCUT2D eigenvalue weighted by atomic mass is 10.1. The summed E-state index contributed by atoms with van der Waals surface area (Å²) in [7, 11) is 1.51. The van der Waals surface area contributed by atoms with E-state index in [4.69, 9.17) is 9.47 Å². The minimum atomic E-state index is -2.51. The third-order valence-corrected chi connectivity index (χ3v) is 4.27. The van der Waals surface area contributed by atoms with Gasteiger partial charge in [-0.2, -0.15) is 8.78 Å². The molecule has 0 aliphatic heterocycles. The van der Waals surface area contributed by atoms with Crippen molar-refractivity contribution >= 4 is 29.3 Å². The van der Waals surface area contributed by atoms with Crippen LogP contribution in [0.25, 0.3) is 0 Å². The van der Waals surface area contributed by atoms with Gasteiger partial charge in [-0.1, -0.05) is 30.0 Å². The van der Waals surface area contributed by atoms with E-state index in [9.17, 15) is 18.4 Å². The van der Waals surface area contributed by atoms with Crippen molar-refractivity contribution in [1.82, 2.24) is 0 Å². The number of benzene rings is 2. The highest BCUT2D eigenvalue weighted by Crippen LogP contribution is 2.26. The summed E-state index contributed by atoms with van der Waals surface area (Å²) in [5.74, 6) is -3.02. The van der Waals surface area contributed by atoms with Crippen molar-refractivity contribution in [1.29, 1.82) is 0 Å². The number of hydrogen-bond donors (Lipinski definition) is 1. The van der Waals surface area contributed by atoms with Crippen LogP contribution in [0.2, 0.25) is 0 Å². The molecule has 8 heteroatoms. The number of halogens is 2. The molecule has 144 valence electrons. The fourth-order valence-electron chi connectivity index (χ4n) is 2.26. The van der Waals surface area contributed by atoms with Crippen molar-refractivity contribution in [3.05, 3.63) is 54.1 Å². The Balaban J connectivity index is 1.88. The average Bonchev–Trinajstić information content (AvgIpc) is 2.63. The first kappa shape index (κ1) is 20.7. The summed E-state index contributed by atoms with van der Waals surface area (Å²) in [6.07, 6.45) is -1.04. The van der Waals surface area contributed by atoms with Gasteiger partial charge in [-0.05, 0) is 37.3 Å². The summed E-state index contributed by atoms with van der Waals surface area (Å²) in [5.41, 5.74) is 1.08. The zero-order valence-corrected chi connectivity index (χ0v) is 15.6. The van der Waals surface area contributed by atoms with E-state index in [-0.39, 0.29) is 6.42 Å². The summed E-state index contributed by atoms with van der Waals surface area (Å²) in [6, 6.07) is 13.0. The largest absolute Gasteiger partial charge is 0.496 e. The second-order valence-electron chi connectivity index (χ2n) is 5.51. The summed E-state index contributed by atoms with van der Waals surface area (Å²) in [6.45, 7) is 1.45. The molecule has 0 radical (unpaired) electrons. The van der Waals surface area contributed by atoms with Gasteiger partial charge in [0.15, 0.2) is 6.10 Å². The number of carbonyl (C=O) groups excluding carboxylic acids is 2. The van der Waals surface area contributed by atoms with E-state index in [1.54, 1.807) is 24.3 Å². The van der Waals surface area contributed by atoms with Crippen molar-refractivity contribution < 1.29 is 27.8 Å². The maximum Gasteiger partial charge on any atom is 0.311 e. The maximum absolute atomic E-state index is 12.3. The van der Waals surface area contributed by atoms with Gasteiger partial charge in [0.05, 0.1) is 13.5 Å². The molecule has 1 atom stereocenters. The average molecular weight is 395 g/mol. The molecule has 2 rings (SSSR count). The van der Waals surface area contributed by atoms with Gasteiger partial charge >= 0.3 is 5.97 Å². The standard InChI is InChI=1S/C19H19F2NO4S/c1-12(26-17(23)11-13-5-3-4-6-16(13)25-2)18(24)22-14-7-9-15(10-8-14)27-19(20)21/h3-10,12,19H,11H2,1-2H3,(H,22,24)/t12-/m1/s1. The number of alkyl halides is 2. The number of para-hydroxylation sites is 1. The fraction of sp³-hybridized carbons (Fsp3) is 0.263. The van der Waals surface area contributed by atoms with Crippen LogP contribution in [0.5, 0.6) is 5.75 Å². The number of ether oxygens (including phenoxy) is 2. The number of amides is 1. The van der Waals surface area contributed by atoms with Gasteiger partial charge in [-0.25, -0.2) is 0 Å². The molecule has 5 nitrogen and oxygen atoms in total. The fourth-order valence-corrected chi connectivity index (χ4v) is 2.76. The SMILES string of the molecule is COc1ccccc1CC(=O)O[C@H](C)C(=O)Nc1ccc(SC(F)F)cc1. The Morgan fingerprint density at radius 3 is 2.41 bits per heavy atom. The van der Waals surface area contributed by atoms with E-state index >= 15 is 0 Å². The van der Waals surface area contributed by atoms with Gasteiger partial charge in [0.2, 0.25) is 0 Å². The van der Waals surface area contributed by atoms with Crippen LogP contribution in [0.15, 0.2) is 53.4 Å². The van der Waals surface area contributed by atoms with E-state index < -0.39 is 23.7 Å². The highest BCUT2D eigenvalue weighted by atomic mass is 32.2. The summed E-state index contributed by atoms with van der Waals surface area (Å²) >= 11 is 0.419. The Morgan fingerprint density at radius 1 is 1.11 bits per heavy atom. The van der Waals surface area contributed by atoms with E-state index in [0.717, 1.165) is 0 Å². The zero-order chi connectivity index (χ0) is 19.8. The van der Waals surface area contributed by atoms with Crippen molar-refractivity contribution in [3.8, 4) is 5.75 Å². The predicted octanol–water partition coefficient (Wildman–Crippen LogP) is 4.12. The Morgan fingerprint density at radius 2 is 1.78 bits per heavy atom. The Hall–Kier alpha value is -2.61. The third-order valence-electron chi connectivity index (χ3n) is 3.55.